The van der Waals surface area contributed by atoms with Gasteiger partial charge in [-0.25, -0.2) is 0 Å². The average molecular weight is 184 g/mol. The van der Waals surface area contributed by atoms with Crippen LogP contribution in [0, 0.1) is 10.1 Å². The van der Waals surface area contributed by atoms with Crippen LogP contribution in [0.15, 0.2) is 28.0 Å². The van der Waals surface area contributed by atoms with Gasteiger partial charge in [0.25, 0.3) is 0 Å². The maximum absolute atomic E-state index is 9.77. The molecule has 70 valence electrons. The number of nitro groups is 1. The summed E-state index contributed by atoms with van der Waals surface area (Å²) in [5.41, 5.74) is 0. The minimum Gasteiger partial charge on any atom is -0.409 e. The van der Waals surface area contributed by atoms with Gasteiger partial charge < -0.3 is 9.25 Å². The fourth-order valence-corrected chi connectivity index (χ4v) is 0.637. The second kappa shape index (κ2) is 4.91. The minimum atomic E-state index is -0.583. The lowest BCUT2D eigenvalue weighted by Crippen LogP contribution is -1.81. The zero-order chi connectivity index (χ0) is 9.52. The highest BCUT2D eigenvalue weighted by Crippen LogP contribution is 2.08. The van der Waals surface area contributed by atoms with Crippen LogP contribution in [0.3, 0.4) is 0 Å². The Bertz CT molecular complexity index is 275. The van der Waals surface area contributed by atoms with E-state index >= 15 is 0 Å². The smallest absolute Gasteiger partial charge is 0.409 e. The van der Waals surface area contributed by atoms with Crippen molar-refractivity contribution in [1.82, 2.24) is 0 Å². The zero-order valence-corrected chi connectivity index (χ0v) is 6.75. The summed E-state index contributed by atoms with van der Waals surface area (Å²) in [6, 6.07) is 2.76. The lowest BCUT2D eigenvalue weighted by molar-refractivity contribution is -0.402. The molecule has 0 atom stereocenters. The molecule has 0 aromatic carbocycles. The van der Waals surface area contributed by atoms with E-state index in [4.69, 9.17) is 0 Å². The summed E-state index contributed by atoms with van der Waals surface area (Å²) in [6.07, 6.45) is 4.01. The monoisotopic (exact) mass is 184 g/mol. The molecule has 0 amide bonds. The molecule has 1 aliphatic heterocycles. The maximum Gasteiger partial charge on any atom is 0.432 e. The maximum atomic E-state index is 9.77. The summed E-state index contributed by atoms with van der Waals surface area (Å²) in [4.78, 5) is 13.7. The van der Waals surface area contributed by atoms with E-state index in [9.17, 15) is 10.1 Å². The number of rotatable bonds is 1. The van der Waals surface area contributed by atoms with Gasteiger partial charge in [-0.2, -0.15) is 0 Å². The fourth-order valence-electron chi connectivity index (χ4n) is 0.637. The van der Waals surface area contributed by atoms with Crippen molar-refractivity contribution in [1.29, 1.82) is 0 Å². The topological polar surface area (TPSA) is 77.9 Å². The van der Waals surface area contributed by atoms with Gasteiger partial charge >= 0.3 is 5.88 Å². The molecule has 0 radical (unpaired) electrons. The standard InChI is InChI=1S/C4H3NO3.C3H5NO/c6-5(7)4-2-1-3-8-4;1-2-4-5-3-1/h1-3H;2H,1,3H2. The molecule has 0 fully saturated rings. The van der Waals surface area contributed by atoms with Crippen LogP contribution >= 0.6 is 0 Å². The van der Waals surface area contributed by atoms with E-state index in [1.165, 1.54) is 18.4 Å². The molecule has 2 heterocycles. The fraction of sp³-hybridized carbons (Fsp3) is 0.286. The van der Waals surface area contributed by atoms with Gasteiger partial charge in [-0.3, -0.25) is 10.1 Å². The molecule has 0 saturated heterocycles. The van der Waals surface area contributed by atoms with Crippen molar-refractivity contribution in [2.75, 3.05) is 6.61 Å². The molecular formula is C7H8N2O4. The van der Waals surface area contributed by atoms with Crippen molar-refractivity contribution in [3.05, 3.63) is 28.5 Å². The van der Waals surface area contributed by atoms with Gasteiger partial charge in [-0.1, -0.05) is 5.16 Å². The third kappa shape index (κ3) is 3.37. The van der Waals surface area contributed by atoms with Gasteiger partial charge in [0.2, 0.25) is 0 Å². The molecule has 1 aromatic rings. The van der Waals surface area contributed by atoms with Crippen LogP contribution in [0.4, 0.5) is 5.88 Å². The number of hydrogen-bond donors (Lipinski definition) is 0. The van der Waals surface area contributed by atoms with E-state index in [-0.39, 0.29) is 5.88 Å². The van der Waals surface area contributed by atoms with E-state index in [1.807, 2.05) is 0 Å². The third-order valence-electron chi connectivity index (χ3n) is 1.17. The first kappa shape index (κ1) is 9.24. The first-order valence-electron chi connectivity index (χ1n) is 3.62. The van der Waals surface area contributed by atoms with Crippen molar-refractivity contribution in [3.63, 3.8) is 0 Å². The van der Waals surface area contributed by atoms with E-state index < -0.39 is 4.92 Å². The summed E-state index contributed by atoms with van der Waals surface area (Å²) in [5, 5.41) is 13.2. The predicted octanol–water partition coefficient (Wildman–Crippen LogP) is 1.58. The van der Waals surface area contributed by atoms with Gasteiger partial charge in [0.15, 0.2) is 0 Å². The normalized spacial score (nSPS) is 12.9. The van der Waals surface area contributed by atoms with Crippen molar-refractivity contribution in [3.8, 4) is 0 Å². The summed E-state index contributed by atoms with van der Waals surface area (Å²) < 4.78 is 4.40. The summed E-state index contributed by atoms with van der Waals surface area (Å²) in [6.45, 7) is 0.778. The van der Waals surface area contributed by atoms with E-state index in [2.05, 4.69) is 14.4 Å². The zero-order valence-electron chi connectivity index (χ0n) is 6.75. The first-order chi connectivity index (χ1) is 6.30. The molecule has 0 saturated carbocycles. The van der Waals surface area contributed by atoms with Gasteiger partial charge in [0, 0.05) is 12.6 Å². The second-order valence-electron chi connectivity index (χ2n) is 2.12. The second-order valence-corrected chi connectivity index (χ2v) is 2.12. The lowest BCUT2D eigenvalue weighted by Gasteiger charge is -1.76. The summed E-state index contributed by atoms with van der Waals surface area (Å²) >= 11 is 0. The van der Waals surface area contributed by atoms with Crippen molar-refractivity contribution >= 4 is 12.1 Å². The third-order valence-corrected chi connectivity index (χ3v) is 1.17. The average Bonchev–Trinajstić information content (AvgIpc) is 2.82. The van der Waals surface area contributed by atoms with Gasteiger partial charge in [0.1, 0.15) is 11.5 Å². The molecule has 1 aromatic heterocycles. The van der Waals surface area contributed by atoms with Crippen LogP contribution in [-0.2, 0) is 4.84 Å². The van der Waals surface area contributed by atoms with Gasteiger partial charge in [-0.15, -0.1) is 0 Å². The van der Waals surface area contributed by atoms with Gasteiger partial charge in [0.05, 0.1) is 12.3 Å². The molecular weight excluding hydrogens is 176 g/mol. The van der Waals surface area contributed by atoms with Crippen LogP contribution < -0.4 is 0 Å². The Balaban J connectivity index is 0.000000145. The molecule has 0 N–H and O–H groups in total. The minimum absolute atomic E-state index is 0.218. The number of nitrogens with zero attached hydrogens (tertiary/aromatic N) is 2. The first-order valence-corrected chi connectivity index (χ1v) is 3.62. The highest BCUT2D eigenvalue weighted by molar-refractivity contribution is 5.57. The Labute approximate surface area is 73.9 Å². The number of furan rings is 1. The number of hydrogen-bond acceptors (Lipinski definition) is 5. The highest BCUT2D eigenvalue weighted by Gasteiger charge is 2.04. The molecule has 0 aliphatic carbocycles. The van der Waals surface area contributed by atoms with E-state index in [0.29, 0.717) is 0 Å². The van der Waals surface area contributed by atoms with Crippen LogP contribution in [-0.4, -0.2) is 17.7 Å². The van der Waals surface area contributed by atoms with Crippen LogP contribution in [0.5, 0.6) is 0 Å². The Morgan fingerprint density at radius 1 is 1.62 bits per heavy atom. The molecule has 0 unspecified atom stereocenters. The Morgan fingerprint density at radius 2 is 2.46 bits per heavy atom. The molecule has 1 aliphatic rings. The SMILES string of the molecule is C1=NOCC1.O=[N+]([O-])c1ccco1. The Hall–Kier alpha value is -1.85. The molecule has 13 heavy (non-hydrogen) atoms. The predicted molar refractivity (Wildman–Crippen MR) is 44.4 cm³/mol. The molecule has 0 bridgehead atoms. The molecule has 2 rings (SSSR count). The van der Waals surface area contributed by atoms with Gasteiger partial charge in [-0.05, 0) is 6.07 Å². The highest BCUT2D eigenvalue weighted by atomic mass is 16.6. The van der Waals surface area contributed by atoms with Crippen LogP contribution in [0.1, 0.15) is 6.42 Å². The molecule has 6 heteroatoms. The molecule has 6 nitrogen and oxygen atoms in total. The van der Waals surface area contributed by atoms with E-state index in [0.717, 1.165) is 13.0 Å². The quantitative estimate of drug-likeness (QED) is 0.490. The summed E-state index contributed by atoms with van der Waals surface area (Å²) in [7, 11) is 0. The Kier molecular flexibility index (Phi) is 3.49. The van der Waals surface area contributed by atoms with Crippen molar-refractivity contribution < 1.29 is 14.2 Å². The van der Waals surface area contributed by atoms with Crippen molar-refractivity contribution in [2.45, 2.75) is 6.42 Å². The van der Waals surface area contributed by atoms with Crippen molar-refractivity contribution in [2.24, 2.45) is 5.16 Å². The Morgan fingerprint density at radius 3 is 2.69 bits per heavy atom. The van der Waals surface area contributed by atoms with Crippen LogP contribution in [0.2, 0.25) is 0 Å². The molecule has 0 spiro atoms. The number of oxime groups is 1. The lowest BCUT2D eigenvalue weighted by atomic mass is 10.5. The van der Waals surface area contributed by atoms with E-state index in [1.54, 1.807) is 6.21 Å². The summed E-state index contributed by atoms with van der Waals surface area (Å²) in [5.74, 6) is -0.218. The largest absolute Gasteiger partial charge is 0.432 e. The van der Waals surface area contributed by atoms with Crippen LogP contribution in [0.25, 0.3) is 0 Å².